The van der Waals surface area contributed by atoms with Crippen molar-refractivity contribution in [3.8, 4) is 11.4 Å². The van der Waals surface area contributed by atoms with E-state index in [9.17, 15) is 8.78 Å². The molecule has 0 spiro atoms. The molecule has 0 bridgehead atoms. The van der Waals surface area contributed by atoms with Gasteiger partial charge in [0, 0.05) is 30.2 Å². The summed E-state index contributed by atoms with van der Waals surface area (Å²) in [6, 6.07) is 4.14. The average molecular weight is 436 g/mol. The lowest BCUT2D eigenvalue weighted by atomic mass is 9.88. The number of aliphatic imine (C=N–C) groups is 2. The average Bonchev–Trinajstić information content (AvgIpc) is 3.44. The van der Waals surface area contributed by atoms with Gasteiger partial charge in [0.05, 0.1) is 6.04 Å². The lowest BCUT2D eigenvalue weighted by Gasteiger charge is -2.49. The Hall–Kier alpha value is -3.43. The van der Waals surface area contributed by atoms with Gasteiger partial charge in [0.2, 0.25) is 6.29 Å². The first-order chi connectivity index (χ1) is 15.7. The van der Waals surface area contributed by atoms with Gasteiger partial charge in [-0.1, -0.05) is 6.92 Å². The molecule has 0 radical (unpaired) electrons. The molecular weight excluding hydrogens is 414 g/mol. The predicted octanol–water partition coefficient (Wildman–Crippen LogP) is 3.92. The van der Waals surface area contributed by atoms with E-state index in [0.29, 0.717) is 17.4 Å². The van der Waals surface area contributed by atoms with Crippen LogP contribution in [0.3, 0.4) is 0 Å². The van der Waals surface area contributed by atoms with Crippen LogP contribution in [0.25, 0.3) is 11.4 Å². The van der Waals surface area contributed by atoms with Crippen LogP contribution >= 0.6 is 0 Å². The number of hydrogen-bond donors (Lipinski definition) is 0. The number of aromatic nitrogens is 5. The molecule has 0 saturated heterocycles. The van der Waals surface area contributed by atoms with Crippen LogP contribution in [-0.2, 0) is 0 Å². The van der Waals surface area contributed by atoms with Crippen molar-refractivity contribution in [1.82, 2.24) is 29.2 Å². The molecule has 0 amide bonds. The number of nitrogens with zero attached hydrogens (tertiary/aromatic N) is 8. The van der Waals surface area contributed by atoms with Crippen molar-refractivity contribution >= 4 is 12.1 Å². The first-order valence-corrected chi connectivity index (χ1v) is 10.9. The van der Waals surface area contributed by atoms with Crippen molar-refractivity contribution < 1.29 is 8.78 Å². The monoisotopic (exact) mass is 436 g/mol. The van der Waals surface area contributed by atoms with Crippen molar-refractivity contribution in [3.63, 3.8) is 0 Å². The molecule has 2 unspecified atom stereocenters. The molecule has 2 aromatic heterocycles. The number of amidine groups is 1. The molecule has 1 fully saturated rings. The van der Waals surface area contributed by atoms with Crippen LogP contribution < -0.4 is 0 Å². The van der Waals surface area contributed by atoms with Crippen molar-refractivity contribution in [2.75, 3.05) is 0 Å². The SMILES string of the molecule is CCC1c2nncn2C2C=N[C@H](n3ccnc3-c3ccc(F)c(F)c3)N=C2N1C1CCC1. The van der Waals surface area contributed by atoms with Crippen LogP contribution in [0.4, 0.5) is 8.78 Å². The summed E-state index contributed by atoms with van der Waals surface area (Å²) in [6.45, 7) is 2.15. The molecule has 10 heteroatoms. The van der Waals surface area contributed by atoms with Gasteiger partial charge in [0.25, 0.3) is 0 Å². The number of hydrogen-bond acceptors (Lipinski definition) is 6. The largest absolute Gasteiger partial charge is 0.345 e. The fraction of sp³-hybridized carbons (Fsp3) is 0.409. The Labute approximate surface area is 183 Å². The number of benzene rings is 1. The molecule has 3 aliphatic rings. The second kappa shape index (κ2) is 7.32. The lowest BCUT2D eigenvalue weighted by Crippen LogP contribution is -2.54. The van der Waals surface area contributed by atoms with E-state index in [4.69, 9.17) is 4.99 Å². The molecule has 1 aliphatic carbocycles. The Kier molecular flexibility index (Phi) is 4.41. The Morgan fingerprint density at radius 1 is 1.12 bits per heavy atom. The molecule has 3 atom stereocenters. The highest BCUT2D eigenvalue weighted by atomic mass is 19.2. The van der Waals surface area contributed by atoms with Crippen molar-refractivity contribution in [2.24, 2.45) is 9.98 Å². The first-order valence-electron chi connectivity index (χ1n) is 10.9. The third kappa shape index (κ3) is 2.81. The molecule has 8 nitrogen and oxygen atoms in total. The lowest BCUT2D eigenvalue weighted by molar-refractivity contribution is 0.132. The van der Waals surface area contributed by atoms with Gasteiger partial charge in [-0.2, -0.15) is 0 Å². The van der Waals surface area contributed by atoms with Gasteiger partial charge in [-0.25, -0.2) is 23.7 Å². The summed E-state index contributed by atoms with van der Waals surface area (Å²) >= 11 is 0. The quantitative estimate of drug-likeness (QED) is 0.621. The van der Waals surface area contributed by atoms with E-state index in [1.807, 2.05) is 10.8 Å². The third-order valence-electron chi connectivity index (χ3n) is 6.62. The maximum atomic E-state index is 13.9. The Bertz CT molecular complexity index is 1220. The normalized spacial score (nSPS) is 24.7. The number of fused-ring (bicyclic) bond motifs is 3. The Morgan fingerprint density at radius 2 is 2.00 bits per heavy atom. The van der Waals surface area contributed by atoms with E-state index in [2.05, 4.69) is 32.0 Å². The minimum atomic E-state index is -0.912. The van der Waals surface area contributed by atoms with E-state index in [-0.39, 0.29) is 12.1 Å². The summed E-state index contributed by atoms with van der Waals surface area (Å²) in [5.74, 6) is 0.568. The molecule has 4 heterocycles. The van der Waals surface area contributed by atoms with Crippen LogP contribution in [0.2, 0.25) is 0 Å². The predicted molar refractivity (Wildman–Crippen MR) is 114 cm³/mol. The van der Waals surface area contributed by atoms with Gasteiger partial charge in [-0.15, -0.1) is 10.2 Å². The van der Waals surface area contributed by atoms with Gasteiger partial charge < -0.3 is 4.90 Å². The molecule has 0 N–H and O–H groups in total. The van der Waals surface area contributed by atoms with Crippen LogP contribution in [0.5, 0.6) is 0 Å². The molecule has 3 aromatic rings. The van der Waals surface area contributed by atoms with Gasteiger partial charge in [-0.05, 0) is 43.9 Å². The summed E-state index contributed by atoms with van der Waals surface area (Å²) in [5, 5.41) is 8.56. The van der Waals surface area contributed by atoms with Gasteiger partial charge in [0.1, 0.15) is 24.0 Å². The Balaban J connectivity index is 1.43. The summed E-state index contributed by atoms with van der Waals surface area (Å²) in [7, 11) is 0. The molecule has 1 saturated carbocycles. The van der Waals surface area contributed by atoms with E-state index < -0.39 is 17.9 Å². The van der Waals surface area contributed by atoms with E-state index in [1.165, 1.54) is 12.5 Å². The smallest absolute Gasteiger partial charge is 0.222 e. The number of imidazole rings is 1. The highest BCUT2D eigenvalue weighted by Gasteiger charge is 2.44. The second-order valence-electron chi connectivity index (χ2n) is 8.38. The zero-order chi connectivity index (χ0) is 21.8. The summed E-state index contributed by atoms with van der Waals surface area (Å²) in [6.07, 6.45) is 10.8. The zero-order valence-electron chi connectivity index (χ0n) is 17.5. The van der Waals surface area contributed by atoms with Gasteiger partial charge in [-0.3, -0.25) is 9.13 Å². The molecule has 6 rings (SSSR count). The van der Waals surface area contributed by atoms with Crippen LogP contribution in [0.15, 0.2) is 46.9 Å². The zero-order valence-corrected chi connectivity index (χ0v) is 17.5. The third-order valence-corrected chi connectivity index (χ3v) is 6.62. The van der Waals surface area contributed by atoms with Crippen LogP contribution in [0.1, 0.15) is 56.8 Å². The molecular formula is C22H22F2N8. The molecule has 1 aromatic carbocycles. The van der Waals surface area contributed by atoms with Crippen molar-refractivity contribution in [3.05, 3.63) is 54.4 Å². The van der Waals surface area contributed by atoms with Gasteiger partial charge >= 0.3 is 0 Å². The Morgan fingerprint density at radius 3 is 2.75 bits per heavy atom. The van der Waals surface area contributed by atoms with Crippen molar-refractivity contribution in [1.29, 1.82) is 0 Å². The van der Waals surface area contributed by atoms with Crippen molar-refractivity contribution in [2.45, 2.75) is 57.0 Å². The van der Waals surface area contributed by atoms with Crippen LogP contribution in [-0.4, -0.2) is 47.3 Å². The highest BCUT2D eigenvalue weighted by molar-refractivity contribution is 6.01. The number of rotatable bonds is 4. The summed E-state index contributed by atoms with van der Waals surface area (Å²) < 4.78 is 31.1. The minimum Gasteiger partial charge on any atom is -0.345 e. The maximum Gasteiger partial charge on any atom is 0.222 e. The summed E-state index contributed by atoms with van der Waals surface area (Å²) in [5.41, 5.74) is 0.471. The molecule has 164 valence electrons. The van der Waals surface area contributed by atoms with E-state index >= 15 is 0 Å². The second-order valence-corrected chi connectivity index (χ2v) is 8.38. The van der Waals surface area contributed by atoms with E-state index in [1.54, 1.807) is 23.3 Å². The minimum absolute atomic E-state index is 0.110. The summed E-state index contributed by atoms with van der Waals surface area (Å²) in [4.78, 5) is 16.5. The molecule has 32 heavy (non-hydrogen) atoms. The fourth-order valence-corrected chi connectivity index (χ4v) is 4.84. The first kappa shape index (κ1) is 19.3. The topological polar surface area (TPSA) is 76.5 Å². The highest BCUT2D eigenvalue weighted by Crippen LogP contribution is 2.41. The van der Waals surface area contributed by atoms with Gasteiger partial charge in [0.15, 0.2) is 17.5 Å². The molecule has 2 aliphatic heterocycles. The number of halogens is 2. The van der Waals surface area contributed by atoms with Crippen LogP contribution in [0, 0.1) is 11.6 Å². The standard InChI is InChI=1S/C22H22F2N8/c1-2-17-21-29-27-12-31(21)18-11-26-22(28-20(18)32(17)14-4-3-5-14)30-9-8-25-19(30)13-6-7-15(23)16(24)10-13/h6-12,14,17-18,22H,2-5H2,1H3/t17?,18?,22-/m0/s1. The van der Waals surface area contributed by atoms with E-state index in [0.717, 1.165) is 43.1 Å². The maximum absolute atomic E-state index is 13.9. The fourth-order valence-electron chi connectivity index (χ4n) is 4.84.